The maximum Gasteiger partial charge on any atom is 0.203 e. The van der Waals surface area contributed by atoms with E-state index >= 15 is 0 Å². The number of rotatable bonds is 3. The van der Waals surface area contributed by atoms with Crippen LogP contribution in [0.1, 0.15) is 20.8 Å². The molecule has 0 atom stereocenters. The van der Waals surface area contributed by atoms with E-state index in [-0.39, 0.29) is 0 Å². The van der Waals surface area contributed by atoms with Crippen molar-refractivity contribution in [2.75, 3.05) is 21.3 Å². The van der Waals surface area contributed by atoms with Gasteiger partial charge in [-0.25, -0.2) is 0 Å². The van der Waals surface area contributed by atoms with E-state index < -0.39 is 0 Å². The van der Waals surface area contributed by atoms with Gasteiger partial charge in [0.25, 0.3) is 0 Å². The number of hydrogen-bond acceptors (Lipinski definition) is 3. The van der Waals surface area contributed by atoms with Gasteiger partial charge in [-0.15, -0.1) is 6.58 Å². The lowest BCUT2D eigenvalue weighted by molar-refractivity contribution is 0.324. The molecule has 1 aromatic carbocycles. The largest absolute Gasteiger partial charge is 0.493 e. The van der Waals surface area contributed by atoms with Crippen molar-refractivity contribution in [3.8, 4) is 17.2 Å². The Hall–Kier alpha value is -1.64. The van der Waals surface area contributed by atoms with Gasteiger partial charge in [0.1, 0.15) is 0 Å². The summed E-state index contributed by atoms with van der Waals surface area (Å²) < 4.78 is 15.3. The van der Waals surface area contributed by atoms with Crippen LogP contribution in [0.4, 0.5) is 0 Å². The highest BCUT2D eigenvalue weighted by Gasteiger charge is 2.08. The number of methoxy groups -OCH3 is 3. The van der Waals surface area contributed by atoms with E-state index in [1.165, 1.54) is 0 Å². The van der Waals surface area contributed by atoms with Crippen LogP contribution in [0, 0.1) is 0 Å². The monoisotopic (exact) mass is 240 g/mol. The first-order valence-corrected chi connectivity index (χ1v) is 5.57. The summed E-state index contributed by atoms with van der Waals surface area (Å²) in [5.41, 5.74) is 0. The van der Waals surface area contributed by atoms with Gasteiger partial charge in [0.15, 0.2) is 11.5 Å². The third-order valence-electron chi connectivity index (χ3n) is 1.59. The minimum atomic E-state index is 0.627. The fourth-order valence-corrected chi connectivity index (χ4v) is 1.02. The molecule has 0 aromatic heterocycles. The third kappa shape index (κ3) is 6.51. The van der Waals surface area contributed by atoms with Crippen molar-refractivity contribution in [2.24, 2.45) is 0 Å². The lowest BCUT2D eigenvalue weighted by Gasteiger charge is -2.10. The van der Waals surface area contributed by atoms with Gasteiger partial charge >= 0.3 is 0 Å². The number of para-hydroxylation sites is 1. The molecule has 17 heavy (non-hydrogen) atoms. The van der Waals surface area contributed by atoms with Crippen LogP contribution in [0.25, 0.3) is 0 Å². The Balaban J connectivity index is 0. The summed E-state index contributed by atoms with van der Waals surface area (Å²) in [7, 11) is 4.77. The molecule has 1 aromatic rings. The van der Waals surface area contributed by atoms with E-state index in [0.717, 1.165) is 0 Å². The lowest BCUT2D eigenvalue weighted by atomic mass is 10.3. The molecule has 0 aliphatic carbocycles. The zero-order chi connectivity index (χ0) is 13.7. The van der Waals surface area contributed by atoms with Crippen LogP contribution >= 0.6 is 0 Å². The first kappa shape index (κ1) is 17.7. The maximum absolute atomic E-state index is 5.11. The second-order valence-corrected chi connectivity index (χ2v) is 2.60. The molecule has 0 fully saturated rings. The van der Waals surface area contributed by atoms with Gasteiger partial charge < -0.3 is 14.2 Å². The smallest absolute Gasteiger partial charge is 0.203 e. The second kappa shape index (κ2) is 12.4. The van der Waals surface area contributed by atoms with Gasteiger partial charge in [0.05, 0.1) is 21.3 Å². The van der Waals surface area contributed by atoms with Gasteiger partial charge in [-0.1, -0.05) is 26.0 Å². The van der Waals surface area contributed by atoms with E-state index in [0.29, 0.717) is 17.2 Å². The van der Waals surface area contributed by atoms with Gasteiger partial charge in [-0.05, 0) is 19.1 Å². The Morgan fingerprint density at radius 3 is 1.53 bits per heavy atom. The Bertz CT molecular complexity index is 273. The number of allylic oxidation sites excluding steroid dienone is 1. The molecule has 0 spiro atoms. The summed E-state index contributed by atoms with van der Waals surface area (Å²) in [5.74, 6) is 1.98. The molecular weight excluding hydrogens is 216 g/mol. The third-order valence-corrected chi connectivity index (χ3v) is 1.59. The molecule has 3 nitrogen and oxygen atoms in total. The van der Waals surface area contributed by atoms with Crippen molar-refractivity contribution in [1.82, 2.24) is 0 Å². The Kier molecular flexibility index (Phi) is 13.0. The molecule has 0 bridgehead atoms. The molecular formula is C14H24O3. The molecule has 0 saturated heterocycles. The fraction of sp³-hybridized carbons (Fsp3) is 0.429. The molecule has 0 radical (unpaired) electrons. The molecule has 0 saturated carbocycles. The summed E-state index contributed by atoms with van der Waals surface area (Å²) >= 11 is 0. The van der Waals surface area contributed by atoms with Crippen molar-refractivity contribution in [3.63, 3.8) is 0 Å². The van der Waals surface area contributed by atoms with Crippen LogP contribution in [-0.4, -0.2) is 21.3 Å². The SMILES string of the molecule is C=CC.CC.COc1cccc(OC)c1OC. The minimum absolute atomic E-state index is 0.627. The molecule has 3 heteroatoms. The molecule has 0 unspecified atom stereocenters. The van der Waals surface area contributed by atoms with Crippen molar-refractivity contribution in [3.05, 3.63) is 30.9 Å². The molecule has 1 rings (SSSR count). The zero-order valence-corrected chi connectivity index (χ0v) is 11.7. The van der Waals surface area contributed by atoms with Crippen LogP contribution in [0.15, 0.2) is 30.9 Å². The van der Waals surface area contributed by atoms with Gasteiger partial charge in [-0.2, -0.15) is 0 Å². The van der Waals surface area contributed by atoms with Gasteiger partial charge in [0, 0.05) is 0 Å². The highest BCUT2D eigenvalue weighted by atomic mass is 16.5. The zero-order valence-electron chi connectivity index (χ0n) is 11.7. The van der Waals surface area contributed by atoms with E-state index in [1.807, 2.05) is 39.0 Å². The average Bonchev–Trinajstić information content (AvgIpc) is 2.40. The highest BCUT2D eigenvalue weighted by Crippen LogP contribution is 2.35. The van der Waals surface area contributed by atoms with Crippen LogP contribution in [0.5, 0.6) is 17.2 Å². The van der Waals surface area contributed by atoms with E-state index in [4.69, 9.17) is 14.2 Å². The molecule has 0 aliphatic heterocycles. The Labute approximate surface area is 105 Å². The fourth-order valence-electron chi connectivity index (χ4n) is 1.02. The number of hydrogen-bond donors (Lipinski definition) is 0. The van der Waals surface area contributed by atoms with Crippen molar-refractivity contribution in [1.29, 1.82) is 0 Å². The predicted molar refractivity (Wildman–Crippen MR) is 73.3 cm³/mol. The Morgan fingerprint density at radius 1 is 0.941 bits per heavy atom. The summed E-state index contributed by atoms with van der Waals surface area (Å²) in [4.78, 5) is 0. The summed E-state index contributed by atoms with van der Waals surface area (Å²) in [6.45, 7) is 9.25. The summed E-state index contributed by atoms with van der Waals surface area (Å²) in [5, 5.41) is 0. The van der Waals surface area contributed by atoms with Crippen LogP contribution in [0.3, 0.4) is 0 Å². The van der Waals surface area contributed by atoms with Gasteiger partial charge in [-0.3, -0.25) is 0 Å². The summed E-state index contributed by atoms with van der Waals surface area (Å²) in [6, 6.07) is 5.49. The maximum atomic E-state index is 5.11. The normalized spacial score (nSPS) is 7.65. The van der Waals surface area contributed by atoms with E-state index in [1.54, 1.807) is 27.4 Å². The van der Waals surface area contributed by atoms with Crippen molar-refractivity contribution < 1.29 is 14.2 Å². The van der Waals surface area contributed by atoms with E-state index in [2.05, 4.69) is 6.58 Å². The standard InChI is InChI=1S/C9H12O3.C3H6.C2H6/c1-10-7-5-4-6-8(11-2)9(7)12-3;1-3-2;1-2/h4-6H,1-3H3;3H,1H2,2H3;1-2H3. The van der Waals surface area contributed by atoms with Crippen LogP contribution in [-0.2, 0) is 0 Å². The highest BCUT2D eigenvalue weighted by molar-refractivity contribution is 5.50. The second-order valence-electron chi connectivity index (χ2n) is 2.60. The predicted octanol–water partition coefficient (Wildman–Crippen LogP) is 3.93. The van der Waals surface area contributed by atoms with Crippen LogP contribution < -0.4 is 14.2 Å². The molecule has 98 valence electrons. The average molecular weight is 240 g/mol. The Morgan fingerprint density at radius 2 is 1.29 bits per heavy atom. The first-order valence-electron chi connectivity index (χ1n) is 5.57. The molecule has 0 amide bonds. The van der Waals surface area contributed by atoms with E-state index in [9.17, 15) is 0 Å². The molecule has 0 aliphatic rings. The number of ether oxygens (including phenoxy) is 3. The number of benzene rings is 1. The van der Waals surface area contributed by atoms with Gasteiger partial charge in [0.2, 0.25) is 5.75 Å². The van der Waals surface area contributed by atoms with Crippen molar-refractivity contribution in [2.45, 2.75) is 20.8 Å². The molecule has 0 N–H and O–H groups in total. The quantitative estimate of drug-likeness (QED) is 0.749. The first-order chi connectivity index (χ1) is 8.24. The topological polar surface area (TPSA) is 27.7 Å². The lowest BCUT2D eigenvalue weighted by Crippen LogP contribution is -1.93. The minimum Gasteiger partial charge on any atom is -0.493 e. The van der Waals surface area contributed by atoms with Crippen molar-refractivity contribution >= 4 is 0 Å². The molecule has 0 heterocycles. The van der Waals surface area contributed by atoms with Crippen LogP contribution in [0.2, 0.25) is 0 Å². The summed E-state index contributed by atoms with van der Waals surface area (Å²) in [6.07, 6.45) is 1.75.